The number of aliphatic hydroxyl groups is 1. The van der Waals surface area contributed by atoms with Crippen LogP contribution in [0.1, 0.15) is 48.2 Å². The number of nitrogens with zero attached hydrogens (tertiary/aromatic N) is 1. The zero-order valence-electron chi connectivity index (χ0n) is 19.1. The topological polar surface area (TPSA) is 92.4 Å². The molecule has 0 aliphatic carbocycles. The Hall–Kier alpha value is -2.52. The normalized spacial score (nSPS) is 23.4. The van der Waals surface area contributed by atoms with E-state index in [1.54, 1.807) is 12.1 Å². The Kier molecular flexibility index (Phi) is 6.48. The molecule has 1 aromatic heterocycles. The van der Waals surface area contributed by atoms with Crippen LogP contribution in [0, 0.1) is 19.7 Å². The number of aromatic nitrogens is 1. The summed E-state index contributed by atoms with van der Waals surface area (Å²) >= 11 is 0. The lowest BCUT2D eigenvalue weighted by atomic mass is 10.0. The number of aromatic amines is 1. The van der Waals surface area contributed by atoms with Crippen molar-refractivity contribution < 1.29 is 14.3 Å². The van der Waals surface area contributed by atoms with Crippen LogP contribution in [-0.4, -0.2) is 59.2 Å². The van der Waals surface area contributed by atoms with Gasteiger partial charge in [0.1, 0.15) is 12.0 Å². The molecule has 0 bridgehead atoms. The van der Waals surface area contributed by atoms with Crippen LogP contribution in [0.2, 0.25) is 0 Å². The summed E-state index contributed by atoms with van der Waals surface area (Å²) in [5, 5.41) is 20.3. The van der Waals surface area contributed by atoms with E-state index in [4.69, 9.17) is 0 Å². The first kappa shape index (κ1) is 22.7. The Bertz CT molecular complexity index is 1040. The number of carbonyl (C=O) groups excluding carboxylic acids is 1. The summed E-state index contributed by atoms with van der Waals surface area (Å²) in [6, 6.07) is 5.17. The number of benzene rings is 1. The van der Waals surface area contributed by atoms with Gasteiger partial charge in [0.15, 0.2) is 0 Å². The molecule has 3 atom stereocenters. The number of amides is 1. The van der Waals surface area contributed by atoms with Crippen LogP contribution in [0.5, 0.6) is 0 Å². The number of piperazine rings is 1. The number of rotatable bonds is 6. The molecule has 1 amide bonds. The van der Waals surface area contributed by atoms with Crippen molar-refractivity contribution in [3.05, 3.63) is 52.1 Å². The number of fused-ring (bicyclic) bond motifs is 1. The Balaban J connectivity index is 1.47. The molecule has 3 unspecified atom stereocenters. The maximum Gasteiger partial charge on any atom is 0.256 e. The Morgan fingerprint density at radius 3 is 2.72 bits per heavy atom. The highest BCUT2D eigenvalue weighted by atomic mass is 19.1. The number of hydrogen-bond acceptors (Lipinski definition) is 5. The van der Waals surface area contributed by atoms with Crippen LogP contribution < -0.4 is 16.0 Å². The van der Waals surface area contributed by atoms with Crippen LogP contribution >= 0.6 is 0 Å². The molecule has 7 nitrogen and oxygen atoms in total. The lowest BCUT2D eigenvalue weighted by Crippen LogP contribution is -2.55. The van der Waals surface area contributed by atoms with Gasteiger partial charge < -0.3 is 20.7 Å². The second kappa shape index (κ2) is 9.15. The molecule has 0 radical (unpaired) electrons. The number of aryl methyl sites for hydroxylation is 1. The van der Waals surface area contributed by atoms with Gasteiger partial charge >= 0.3 is 0 Å². The Morgan fingerprint density at radius 1 is 1.28 bits per heavy atom. The fourth-order valence-corrected chi connectivity index (χ4v) is 4.88. The smallest absolute Gasteiger partial charge is 0.256 e. The largest absolute Gasteiger partial charge is 0.374 e. The van der Waals surface area contributed by atoms with Crippen LogP contribution in [-0.2, 0) is 4.79 Å². The van der Waals surface area contributed by atoms with Crippen LogP contribution in [0.4, 0.5) is 10.1 Å². The molecule has 1 saturated heterocycles. The summed E-state index contributed by atoms with van der Waals surface area (Å²) in [6.45, 7) is 11.7. The van der Waals surface area contributed by atoms with Gasteiger partial charge in [-0.2, -0.15) is 0 Å². The summed E-state index contributed by atoms with van der Waals surface area (Å²) in [5.41, 5.74) is 4.74. The number of halogens is 1. The lowest BCUT2D eigenvalue weighted by molar-refractivity contribution is -0.110. The van der Waals surface area contributed by atoms with Crippen molar-refractivity contribution in [2.24, 2.45) is 0 Å². The molecular formula is C24H32FN5O2. The fraction of sp³-hybridized carbons (Fsp3) is 0.458. The van der Waals surface area contributed by atoms with E-state index in [1.165, 1.54) is 12.1 Å². The number of nitrogens with one attached hydrogen (secondary N) is 4. The summed E-state index contributed by atoms with van der Waals surface area (Å²) < 4.78 is 13.7. The second-order valence-electron chi connectivity index (χ2n) is 8.99. The number of hydrogen-bond donors (Lipinski definition) is 5. The SMILES string of the molecule is Cc1[nH]c(C=C2C(=O)Nc3ccc(F)cc32)c(C)c1C(O)NCCN1CC(C)NC(C)C1. The molecule has 3 heterocycles. The molecule has 0 saturated carbocycles. The minimum atomic E-state index is -0.821. The van der Waals surface area contributed by atoms with Crippen molar-refractivity contribution in [3.8, 4) is 0 Å². The summed E-state index contributed by atoms with van der Waals surface area (Å²) in [6.07, 6.45) is 0.904. The minimum absolute atomic E-state index is 0.267. The van der Waals surface area contributed by atoms with Crippen LogP contribution in [0.3, 0.4) is 0 Å². The van der Waals surface area contributed by atoms with E-state index < -0.39 is 6.23 Å². The van der Waals surface area contributed by atoms with E-state index in [-0.39, 0.29) is 11.7 Å². The molecule has 1 fully saturated rings. The van der Waals surface area contributed by atoms with Gasteiger partial charge in [0.05, 0.1) is 5.57 Å². The molecule has 8 heteroatoms. The zero-order chi connectivity index (χ0) is 23.0. The quantitative estimate of drug-likeness (QED) is 0.351. The molecule has 32 heavy (non-hydrogen) atoms. The van der Waals surface area contributed by atoms with Crippen molar-refractivity contribution in [1.82, 2.24) is 20.5 Å². The summed E-state index contributed by atoms with van der Waals surface area (Å²) in [7, 11) is 0. The number of carbonyl (C=O) groups is 1. The van der Waals surface area contributed by atoms with Crippen molar-refractivity contribution in [2.75, 3.05) is 31.5 Å². The maximum atomic E-state index is 13.7. The highest BCUT2D eigenvalue weighted by Crippen LogP contribution is 2.35. The van der Waals surface area contributed by atoms with E-state index in [2.05, 4.69) is 39.7 Å². The molecule has 5 N–H and O–H groups in total. The monoisotopic (exact) mass is 441 g/mol. The number of anilines is 1. The van der Waals surface area contributed by atoms with Crippen molar-refractivity contribution in [3.63, 3.8) is 0 Å². The van der Waals surface area contributed by atoms with Crippen molar-refractivity contribution >= 4 is 23.2 Å². The van der Waals surface area contributed by atoms with E-state index >= 15 is 0 Å². The fourth-order valence-electron chi connectivity index (χ4n) is 4.88. The van der Waals surface area contributed by atoms with Gasteiger partial charge in [0.2, 0.25) is 0 Å². The van der Waals surface area contributed by atoms with Gasteiger partial charge in [-0.25, -0.2) is 4.39 Å². The molecule has 172 valence electrons. The number of H-pyrrole nitrogens is 1. The molecule has 1 aromatic carbocycles. The first-order valence-electron chi connectivity index (χ1n) is 11.1. The van der Waals surface area contributed by atoms with Gasteiger partial charge in [-0.3, -0.25) is 15.0 Å². The van der Waals surface area contributed by atoms with Gasteiger partial charge in [0.25, 0.3) is 5.91 Å². The Labute approximate surface area is 188 Å². The van der Waals surface area contributed by atoms with Gasteiger partial charge in [0, 0.05) is 66.5 Å². The zero-order valence-corrected chi connectivity index (χ0v) is 19.1. The van der Waals surface area contributed by atoms with E-state index in [0.29, 0.717) is 35.5 Å². The van der Waals surface area contributed by atoms with Crippen LogP contribution in [0.25, 0.3) is 11.6 Å². The summed E-state index contributed by atoms with van der Waals surface area (Å²) in [5.74, 6) is -0.656. The summed E-state index contributed by atoms with van der Waals surface area (Å²) in [4.78, 5) is 18.1. The predicted octanol–water partition coefficient (Wildman–Crippen LogP) is 2.53. The third-order valence-electron chi connectivity index (χ3n) is 6.26. The van der Waals surface area contributed by atoms with E-state index in [0.717, 1.165) is 42.1 Å². The Morgan fingerprint density at radius 2 is 2.00 bits per heavy atom. The second-order valence-corrected chi connectivity index (χ2v) is 8.99. The van der Waals surface area contributed by atoms with E-state index in [1.807, 2.05) is 13.8 Å². The average molecular weight is 442 g/mol. The molecule has 2 aliphatic rings. The minimum Gasteiger partial charge on any atom is -0.374 e. The molecular weight excluding hydrogens is 409 g/mol. The molecule has 4 rings (SSSR count). The standard InChI is InChI=1S/C24H32FN5O2/c1-13-11-30(12-14(2)27-13)8-7-26-24(32)22-15(3)21(28-16(22)4)10-19-18-9-17(25)5-6-20(18)29-23(19)31/h5-6,9-10,13-14,24,26-28,32H,7-8,11-12H2,1-4H3,(H,29,31). The molecule has 0 spiro atoms. The number of aliphatic hydroxyl groups excluding tert-OH is 1. The molecule has 2 aromatic rings. The molecule has 2 aliphatic heterocycles. The first-order valence-corrected chi connectivity index (χ1v) is 11.1. The lowest BCUT2D eigenvalue weighted by Gasteiger charge is -2.36. The predicted molar refractivity (Wildman–Crippen MR) is 125 cm³/mol. The van der Waals surface area contributed by atoms with Gasteiger partial charge in [-0.15, -0.1) is 0 Å². The third-order valence-corrected chi connectivity index (χ3v) is 6.26. The highest BCUT2D eigenvalue weighted by Gasteiger charge is 2.26. The van der Waals surface area contributed by atoms with E-state index in [9.17, 15) is 14.3 Å². The maximum absolute atomic E-state index is 13.7. The van der Waals surface area contributed by atoms with Gasteiger partial charge in [-0.05, 0) is 57.5 Å². The van der Waals surface area contributed by atoms with Crippen molar-refractivity contribution in [1.29, 1.82) is 0 Å². The highest BCUT2D eigenvalue weighted by molar-refractivity contribution is 6.34. The van der Waals surface area contributed by atoms with Crippen LogP contribution in [0.15, 0.2) is 18.2 Å². The van der Waals surface area contributed by atoms with Crippen molar-refractivity contribution in [2.45, 2.75) is 46.0 Å². The third kappa shape index (κ3) is 4.63. The first-order chi connectivity index (χ1) is 15.2. The van der Waals surface area contributed by atoms with Gasteiger partial charge in [-0.1, -0.05) is 0 Å². The average Bonchev–Trinajstić information content (AvgIpc) is 3.16.